The summed E-state index contributed by atoms with van der Waals surface area (Å²) in [4.78, 5) is 24.4. The zero-order chi connectivity index (χ0) is 20.8. The van der Waals surface area contributed by atoms with Gasteiger partial charge in [-0.05, 0) is 37.3 Å². The summed E-state index contributed by atoms with van der Waals surface area (Å²) in [6, 6.07) is 14.2. The van der Waals surface area contributed by atoms with E-state index in [1.165, 1.54) is 30.0 Å². The number of rotatable bonds is 7. The molecular weight excluding hydrogens is 393 g/mol. The minimum Gasteiger partial charge on any atom is -0.342 e. The van der Waals surface area contributed by atoms with E-state index in [0.29, 0.717) is 22.2 Å². The van der Waals surface area contributed by atoms with Gasteiger partial charge in [-0.15, -0.1) is 10.2 Å². The van der Waals surface area contributed by atoms with Crippen molar-refractivity contribution in [3.63, 3.8) is 0 Å². The minimum atomic E-state index is -0.417. The van der Waals surface area contributed by atoms with Gasteiger partial charge in [-0.2, -0.15) is 0 Å². The van der Waals surface area contributed by atoms with Crippen LogP contribution < -0.4 is 10.6 Å². The molecule has 0 aliphatic heterocycles. The molecule has 3 rings (SSSR count). The fraction of sp³-hybridized carbons (Fsp3) is 0.200. The smallest absolute Gasteiger partial charge is 0.251 e. The van der Waals surface area contributed by atoms with Crippen LogP contribution in [0.4, 0.5) is 10.1 Å². The van der Waals surface area contributed by atoms with Crippen LogP contribution in [-0.2, 0) is 11.8 Å². The largest absolute Gasteiger partial charge is 0.342 e. The van der Waals surface area contributed by atoms with Gasteiger partial charge in [0.25, 0.3) is 5.91 Å². The van der Waals surface area contributed by atoms with Crippen molar-refractivity contribution in [2.24, 2.45) is 7.05 Å². The number of benzene rings is 2. The van der Waals surface area contributed by atoms with Crippen LogP contribution in [-0.4, -0.2) is 32.3 Å². The molecule has 1 atom stereocenters. The maximum atomic E-state index is 13.2. The summed E-state index contributed by atoms with van der Waals surface area (Å²) >= 11 is 1.20. The van der Waals surface area contributed by atoms with E-state index in [1.54, 1.807) is 41.9 Å². The average molecular weight is 413 g/mol. The number of carbonyl (C=O) groups is 2. The number of hydrogen-bond donors (Lipinski definition) is 2. The Balaban J connectivity index is 1.57. The van der Waals surface area contributed by atoms with Gasteiger partial charge in [0.1, 0.15) is 5.82 Å². The second-order valence-corrected chi connectivity index (χ2v) is 7.25. The van der Waals surface area contributed by atoms with Crippen LogP contribution in [0.2, 0.25) is 0 Å². The van der Waals surface area contributed by atoms with E-state index >= 15 is 0 Å². The minimum absolute atomic E-state index is 0.0905. The molecule has 150 valence electrons. The number of nitrogens with one attached hydrogen (secondary N) is 2. The summed E-state index contributed by atoms with van der Waals surface area (Å²) in [6.45, 7) is 1.82. The molecule has 2 N–H and O–H groups in total. The molecule has 0 aliphatic carbocycles. The van der Waals surface area contributed by atoms with Gasteiger partial charge in [0.2, 0.25) is 5.91 Å². The Labute approximate surface area is 171 Å². The molecule has 2 aromatic carbocycles. The molecule has 0 aliphatic rings. The van der Waals surface area contributed by atoms with Crippen LogP contribution in [0.15, 0.2) is 59.8 Å². The predicted octanol–water partition coefficient (Wildman–Crippen LogP) is 3.18. The van der Waals surface area contributed by atoms with E-state index in [2.05, 4.69) is 20.8 Å². The SMILES string of the molecule is C[C@H](NC(=O)c1ccccc1)c1nnc(SCC(=O)Nc2cccc(F)c2)n1C. The average Bonchev–Trinajstić information content (AvgIpc) is 3.07. The predicted molar refractivity (Wildman–Crippen MR) is 109 cm³/mol. The molecule has 1 heterocycles. The van der Waals surface area contributed by atoms with E-state index in [1.807, 2.05) is 13.0 Å². The molecule has 0 bridgehead atoms. The molecule has 0 spiro atoms. The lowest BCUT2D eigenvalue weighted by atomic mass is 10.2. The van der Waals surface area contributed by atoms with Gasteiger partial charge in [-0.3, -0.25) is 9.59 Å². The zero-order valence-corrected chi connectivity index (χ0v) is 16.7. The summed E-state index contributed by atoms with van der Waals surface area (Å²) < 4.78 is 14.9. The van der Waals surface area contributed by atoms with E-state index in [0.717, 1.165) is 0 Å². The first-order valence-corrected chi connectivity index (χ1v) is 9.86. The highest BCUT2D eigenvalue weighted by Crippen LogP contribution is 2.20. The van der Waals surface area contributed by atoms with Crippen molar-refractivity contribution in [2.75, 3.05) is 11.1 Å². The second-order valence-electron chi connectivity index (χ2n) is 6.31. The number of aromatic nitrogens is 3. The molecule has 9 heteroatoms. The molecule has 3 aromatic rings. The van der Waals surface area contributed by atoms with Crippen LogP contribution in [0.3, 0.4) is 0 Å². The van der Waals surface area contributed by atoms with Crippen molar-refractivity contribution >= 4 is 29.3 Å². The molecule has 0 fully saturated rings. The van der Waals surface area contributed by atoms with Crippen molar-refractivity contribution in [1.82, 2.24) is 20.1 Å². The van der Waals surface area contributed by atoms with Crippen molar-refractivity contribution in [1.29, 1.82) is 0 Å². The van der Waals surface area contributed by atoms with Crippen LogP contribution in [0, 0.1) is 5.82 Å². The number of anilines is 1. The Morgan fingerprint density at radius 2 is 1.90 bits per heavy atom. The van der Waals surface area contributed by atoms with Gasteiger partial charge in [0.15, 0.2) is 11.0 Å². The van der Waals surface area contributed by atoms with Gasteiger partial charge < -0.3 is 15.2 Å². The number of carbonyl (C=O) groups excluding carboxylic acids is 2. The summed E-state index contributed by atoms with van der Waals surface area (Å²) in [5.41, 5.74) is 0.955. The van der Waals surface area contributed by atoms with Gasteiger partial charge in [0.05, 0.1) is 11.8 Å². The number of halogens is 1. The molecule has 7 nitrogen and oxygen atoms in total. The number of hydrogen-bond acceptors (Lipinski definition) is 5. The molecule has 2 amide bonds. The summed E-state index contributed by atoms with van der Waals surface area (Å²) in [7, 11) is 1.77. The Kier molecular flexibility index (Phi) is 6.61. The van der Waals surface area contributed by atoms with Crippen LogP contribution in [0.5, 0.6) is 0 Å². The molecule has 0 radical (unpaired) electrons. The monoisotopic (exact) mass is 413 g/mol. The first-order chi connectivity index (χ1) is 13.9. The first kappa shape index (κ1) is 20.5. The lowest BCUT2D eigenvalue weighted by molar-refractivity contribution is -0.113. The summed E-state index contributed by atoms with van der Waals surface area (Å²) in [6.07, 6.45) is 0. The van der Waals surface area contributed by atoms with Crippen molar-refractivity contribution < 1.29 is 14.0 Å². The molecule has 1 aromatic heterocycles. The molecule has 0 saturated heterocycles. The topological polar surface area (TPSA) is 88.9 Å². The van der Waals surface area contributed by atoms with Crippen LogP contribution in [0.1, 0.15) is 29.1 Å². The normalized spacial score (nSPS) is 11.7. The number of amides is 2. The van der Waals surface area contributed by atoms with Gasteiger partial charge in [0, 0.05) is 18.3 Å². The molecule has 29 heavy (non-hydrogen) atoms. The lowest BCUT2D eigenvalue weighted by Gasteiger charge is -2.13. The number of nitrogens with zero attached hydrogens (tertiary/aromatic N) is 3. The quantitative estimate of drug-likeness (QED) is 0.581. The van der Waals surface area contributed by atoms with E-state index in [4.69, 9.17) is 0 Å². The Morgan fingerprint density at radius 3 is 2.62 bits per heavy atom. The zero-order valence-electron chi connectivity index (χ0n) is 15.9. The molecule has 0 unspecified atom stereocenters. The van der Waals surface area contributed by atoms with Crippen molar-refractivity contribution in [3.05, 3.63) is 71.8 Å². The second kappa shape index (κ2) is 9.33. The Bertz CT molecular complexity index is 1010. The van der Waals surface area contributed by atoms with Crippen LogP contribution in [0.25, 0.3) is 0 Å². The highest BCUT2D eigenvalue weighted by atomic mass is 32.2. The lowest BCUT2D eigenvalue weighted by Crippen LogP contribution is -2.28. The number of thioether (sulfide) groups is 1. The third kappa shape index (κ3) is 5.41. The fourth-order valence-corrected chi connectivity index (χ4v) is 3.37. The van der Waals surface area contributed by atoms with E-state index < -0.39 is 5.82 Å². The van der Waals surface area contributed by atoms with Gasteiger partial charge in [-0.25, -0.2) is 4.39 Å². The summed E-state index contributed by atoms with van der Waals surface area (Å²) in [5, 5.41) is 14.3. The van der Waals surface area contributed by atoms with Crippen molar-refractivity contribution in [3.8, 4) is 0 Å². The van der Waals surface area contributed by atoms with Gasteiger partial charge in [-0.1, -0.05) is 36.0 Å². The highest BCUT2D eigenvalue weighted by Gasteiger charge is 2.19. The van der Waals surface area contributed by atoms with Gasteiger partial charge >= 0.3 is 0 Å². The highest BCUT2D eigenvalue weighted by molar-refractivity contribution is 7.99. The van der Waals surface area contributed by atoms with E-state index in [-0.39, 0.29) is 23.6 Å². The third-order valence-electron chi connectivity index (χ3n) is 4.08. The maximum absolute atomic E-state index is 13.2. The first-order valence-electron chi connectivity index (χ1n) is 8.87. The standard InChI is InChI=1S/C20H20FN5O2S/c1-13(22-19(28)14-7-4-3-5-8-14)18-24-25-20(26(18)2)29-12-17(27)23-16-10-6-9-15(21)11-16/h3-11,13H,12H2,1-2H3,(H,22,28)(H,23,27)/t13-/m0/s1. The Hall–Kier alpha value is -3.20. The maximum Gasteiger partial charge on any atom is 0.251 e. The molecular formula is C20H20FN5O2S. The van der Waals surface area contributed by atoms with Crippen molar-refractivity contribution in [2.45, 2.75) is 18.1 Å². The molecule has 0 saturated carbocycles. The Morgan fingerprint density at radius 1 is 1.14 bits per heavy atom. The fourth-order valence-electron chi connectivity index (χ4n) is 2.66. The third-order valence-corrected chi connectivity index (χ3v) is 5.10. The van der Waals surface area contributed by atoms with E-state index in [9.17, 15) is 14.0 Å². The van der Waals surface area contributed by atoms with Crippen LogP contribution >= 0.6 is 11.8 Å². The summed E-state index contributed by atoms with van der Waals surface area (Å²) in [5.74, 6) is -0.240.